The van der Waals surface area contributed by atoms with E-state index in [1.54, 1.807) is 0 Å². The van der Waals surface area contributed by atoms with E-state index < -0.39 is 0 Å². The predicted molar refractivity (Wildman–Crippen MR) is 74.3 cm³/mol. The Morgan fingerprint density at radius 3 is 2.94 bits per heavy atom. The summed E-state index contributed by atoms with van der Waals surface area (Å²) in [7, 11) is 0. The van der Waals surface area contributed by atoms with E-state index in [4.69, 9.17) is 10.0 Å². The van der Waals surface area contributed by atoms with Crippen molar-refractivity contribution < 1.29 is 10.0 Å². The highest BCUT2D eigenvalue weighted by atomic mass is 16.6. The van der Waals surface area contributed by atoms with Crippen LogP contribution in [0.3, 0.4) is 0 Å². The Morgan fingerprint density at radius 2 is 2.22 bits per heavy atom. The zero-order chi connectivity index (χ0) is 13.1. The first kappa shape index (κ1) is 14.7. The van der Waals surface area contributed by atoms with Gasteiger partial charge in [0.25, 0.3) is 0 Å². The molecule has 1 N–H and O–H groups in total. The molecular weight excluding hydrogens is 228 g/mol. The van der Waals surface area contributed by atoms with Crippen LogP contribution in [0.15, 0.2) is 23.0 Å². The first-order valence-corrected chi connectivity index (χ1v) is 6.84. The zero-order valence-electron chi connectivity index (χ0n) is 11.1. The fourth-order valence-electron chi connectivity index (χ4n) is 2.16. The molecule has 0 aromatic rings. The van der Waals surface area contributed by atoms with E-state index in [-0.39, 0.29) is 0 Å². The zero-order valence-corrected chi connectivity index (χ0v) is 11.1. The Morgan fingerprint density at radius 1 is 1.39 bits per heavy atom. The van der Waals surface area contributed by atoms with Gasteiger partial charge in [0, 0.05) is 12.1 Å². The summed E-state index contributed by atoms with van der Waals surface area (Å²) in [5, 5.41) is 14.8. The Hall–Kier alpha value is -1.32. The van der Waals surface area contributed by atoms with Crippen LogP contribution < -0.4 is 0 Å². The Bertz CT molecular complexity index is 288. The topological polar surface area (TPSA) is 54.2 Å². The summed E-state index contributed by atoms with van der Waals surface area (Å²) in [6.07, 6.45) is 12.7. The number of hydrogen-bond donors (Lipinski definition) is 1. The number of hydrogen-bond acceptors (Lipinski definition) is 4. The molecule has 1 atom stereocenters. The third kappa shape index (κ3) is 5.84. The maximum absolute atomic E-state index is 7.97. The van der Waals surface area contributed by atoms with Crippen LogP contribution >= 0.6 is 0 Å². The summed E-state index contributed by atoms with van der Waals surface area (Å²) in [4.78, 5) is 4.98. The van der Waals surface area contributed by atoms with E-state index in [2.05, 4.69) is 16.9 Å². The van der Waals surface area contributed by atoms with Crippen LogP contribution in [-0.4, -0.2) is 23.7 Å². The number of nitrogens with zero attached hydrogens (tertiary/aromatic N) is 2. The van der Waals surface area contributed by atoms with Crippen molar-refractivity contribution in [2.45, 2.75) is 51.4 Å². The van der Waals surface area contributed by atoms with E-state index in [0.717, 1.165) is 32.3 Å². The van der Waals surface area contributed by atoms with E-state index in [9.17, 15) is 0 Å². The second-order valence-corrected chi connectivity index (χ2v) is 4.69. The molecule has 1 unspecified atom stereocenters. The lowest BCUT2D eigenvalue weighted by Gasteiger charge is -2.14. The lowest BCUT2D eigenvalue weighted by Crippen LogP contribution is -2.17. The molecule has 2 aliphatic rings. The van der Waals surface area contributed by atoms with Crippen LogP contribution in [0.2, 0.25) is 0 Å². The van der Waals surface area contributed by atoms with Crippen molar-refractivity contribution in [2.75, 3.05) is 6.61 Å². The van der Waals surface area contributed by atoms with Crippen LogP contribution in [0.25, 0.3) is 0 Å². The molecule has 1 aliphatic heterocycles. The second kappa shape index (κ2) is 9.68. The molecule has 1 heterocycles. The number of rotatable bonds is 5. The maximum atomic E-state index is 7.97. The van der Waals surface area contributed by atoms with Gasteiger partial charge in [0.1, 0.15) is 6.61 Å². The fraction of sp³-hybridized carbons (Fsp3) is 0.714. The summed E-state index contributed by atoms with van der Waals surface area (Å²) in [6.45, 7) is 4.45. The van der Waals surface area contributed by atoms with Crippen molar-refractivity contribution in [3.63, 3.8) is 0 Å². The molecule has 0 aromatic heterocycles. The molecule has 0 saturated heterocycles. The van der Waals surface area contributed by atoms with Gasteiger partial charge >= 0.3 is 0 Å². The Balaban J connectivity index is 0.000000180. The fourth-order valence-corrected chi connectivity index (χ4v) is 2.16. The average Bonchev–Trinajstić information content (AvgIpc) is 2.88. The van der Waals surface area contributed by atoms with E-state index >= 15 is 0 Å². The predicted octanol–water partition coefficient (Wildman–Crippen LogP) is 3.76. The molecule has 1 saturated carbocycles. The first-order chi connectivity index (χ1) is 8.88. The van der Waals surface area contributed by atoms with Gasteiger partial charge in [-0.15, -0.1) is 11.7 Å². The molecule has 0 spiro atoms. The van der Waals surface area contributed by atoms with Crippen molar-refractivity contribution in [3.05, 3.63) is 12.7 Å². The van der Waals surface area contributed by atoms with Crippen LogP contribution in [0.4, 0.5) is 0 Å². The third-order valence-corrected chi connectivity index (χ3v) is 3.24. The average molecular weight is 252 g/mol. The Kier molecular flexibility index (Phi) is 7.93. The first-order valence-electron chi connectivity index (χ1n) is 6.84. The van der Waals surface area contributed by atoms with E-state index in [1.165, 1.54) is 37.6 Å². The quantitative estimate of drug-likeness (QED) is 0.266. The minimum absolute atomic E-state index is 0.693. The molecule has 0 aromatic carbocycles. The van der Waals surface area contributed by atoms with Gasteiger partial charge in [-0.25, -0.2) is 0 Å². The number of allylic oxidation sites excluding steroid dienone is 1. The summed E-state index contributed by atoms with van der Waals surface area (Å²) < 4.78 is 0. The highest BCUT2D eigenvalue weighted by molar-refractivity contribution is 5.87. The van der Waals surface area contributed by atoms with Crippen molar-refractivity contribution in [1.29, 1.82) is 0 Å². The normalized spacial score (nSPS) is 21.6. The molecule has 18 heavy (non-hydrogen) atoms. The molecule has 2 rings (SSSR count). The van der Waals surface area contributed by atoms with Crippen molar-refractivity contribution >= 4 is 11.9 Å². The van der Waals surface area contributed by atoms with Gasteiger partial charge in [-0.05, 0) is 44.9 Å². The van der Waals surface area contributed by atoms with E-state index in [1.807, 2.05) is 6.08 Å². The molecule has 102 valence electrons. The number of fused-ring (bicyclic) bond motifs is 1. The van der Waals surface area contributed by atoms with Gasteiger partial charge in [-0.3, -0.25) is 0 Å². The molecule has 1 aliphatic carbocycles. The molecular formula is C14H24N2O2. The van der Waals surface area contributed by atoms with Crippen molar-refractivity contribution in [1.82, 2.24) is 0 Å². The second-order valence-electron chi connectivity index (χ2n) is 4.69. The summed E-state index contributed by atoms with van der Waals surface area (Å²) in [5.41, 5.74) is 1.32. The van der Waals surface area contributed by atoms with Crippen LogP contribution in [0.5, 0.6) is 0 Å². The molecule has 0 radical (unpaired) electrons. The van der Waals surface area contributed by atoms with Gasteiger partial charge in [0.05, 0.1) is 5.71 Å². The van der Waals surface area contributed by atoms with E-state index in [0.29, 0.717) is 5.92 Å². The maximum Gasteiger partial charge on any atom is 0.125 e. The van der Waals surface area contributed by atoms with Crippen LogP contribution in [-0.2, 0) is 4.84 Å². The van der Waals surface area contributed by atoms with Crippen LogP contribution in [0.1, 0.15) is 51.4 Å². The molecule has 4 heteroatoms. The van der Waals surface area contributed by atoms with Crippen molar-refractivity contribution in [2.24, 2.45) is 16.2 Å². The molecule has 1 fully saturated rings. The summed E-state index contributed by atoms with van der Waals surface area (Å²) in [5.74, 6) is 0.693. The van der Waals surface area contributed by atoms with Gasteiger partial charge in [-0.1, -0.05) is 17.7 Å². The number of unbranched alkanes of at least 4 members (excludes halogenated alkanes) is 3. The van der Waals surface area contributed by atoms with Gasteiger partial charge < -0.3 is 10.0 Å². The Labute approximate surface area is 109 Å². The number of oxime groups is 2. The molecule has 0 bridgehead atoms. The van der Waals surface area contributed by atoms with Crippen molar-refractivity contribution in [3.8, 4) is 0 Å². The minimum atomic E-state index is 0.693. The summed E-state index contributed by atoms with van der Waals surface area (Å²) >= 11 is 0. The van der Waals surface area contributed by atoms with Crippen LogP contribution in [0, 0.1) is 5.92 Å². The SMILES string of the molecule is C1CCC2CON=C2C1.C=CCCCC/C=N/O. The lowest BCUT2D eigenvalue weighted by atomic mass is 9.89. The minimum Gasteiger partial charge on any atom is -0.411 e. The molecule has 4 nitrogen and oxygen atoms in total. The highest BCUT2D eigenvalue weighted by Gasteiger charge is 2.25. The van der Waals surface area contributed by atoms with Gasteiger partial charge in [0.2, 0.25) is 0 Å². The largest absolute Gasteiger partial charge is 0.411 e. The monoisotopic (exact) mass is 252 g/mol. The summed E-state index contributed by atoms with van der Waals surface area (Å²) in [6, 6.07) is 0. The highest BCUT2D eigenvalue weighted by Crippen LogP contribution is 2.25. The van der Waals surface area contributed by atoms with Gasteiger partial charge in [0.15, 0.2) is 0 Å². The smallest absolute Gasteiger partial charge is 0.125 e. The third-order valence-electron chi connectivity index (χ3n) is 3.24. The lowest BCUT2D eigenvalue weighted by molar-refractivity contribution is 0.152. The standard InChI is InChI=1S/C7H11NO.C7H13NO/c1-2-4-7-6(3-1)5-9-8-7;1-2-3-4-5-6-7-8-9/h6H,1-5H2;2,7,9H,1,3-6H2/b;8-7+. The van der Waals surface area contributed by atoms with Gasteiger partial charge in [-0.2, -0.15) is 0 Å². The molecule has 0 amide bonds.